The Hall–Kier alpha value is -2.90. The Kier molecular flexibility index (Phi) is 20.9. The molecule has 0 aromatic heterocycles. The molecule has 0 radical (unpaired) electrons. The molecular formula is C24H40O8. The fourth-order valence-electron chi connectivity index (χ4n) is 2.47. The minimum Gasteiger partial charge on any atom is -0.469 e. The maximum absolute atomic E-state index is 11.2. The topological polar surface area (TPSA) is 105 Å². The molecule has 0 aromatic rings. The molecule has 0 aliphatic rings. The van der Waals surface area contributed by atoms with Crippen LogP contribution in [0.15, 0.2) is 35.5 Å². The standard InChI is InChI=1S/C12H20O4.C12H18O4.H2/c2*1-4-10(12(14)16-3)8-6-5-7-9-11(13)15-2;/h4H,5-9H2,1-3H3;4-5,7H,6,8-9H2,1-3H3;1H/b10-4+;7-5?,10-4+;. The summed E-state index contributed by atoms with van der Waals surface area (Å²) < 4.78 is 18.3. The summed E-state index contributed by atoms with van der Waals surface area (Å²) in [4.78, 5) is 43.9. The highest BCUT2D eigenvalue weighted by Crippen LogP contribution is 2.12. The van der Waals surface area contributed by atoms with Gasteiger partial charge in [0.1, 0.15) is 0 Å². The van der Waals surface area contributed by atoms with Crippen LogP contribution in [-0.4, -0.2) is 52.3 Å². The van der Waals surface area contributed by atoms with Gasteiger partial charge in [0.15, 0.2) is 0 Å². The third-order valence-electron chi connectivity index (χ3n) is 4.41. The van der Waals surface area contributed by atoms with E-state index in [0.717, 1.165) is 19.3 Å². The number of esters is 4. The largest absolute Gasteiger partial charge is 0.469 e. The third kappa shape index (κ3) is 16.8. The molecule has 0 atom stereocenters. The summed E-state index contributed by atoms with van der Waals surface area (Å²) in [6.07, 6.45) is 12.4. The molecule has 0 spiro atoms. The van der Waals surface area contributed by atoms with Crippen molar-refractivity contribution in [3.8, 4) is 0 Å². The van der Waals surface area contributed by atoms with E-state index in [1.165, 1.54) is 28.4 Å². The lowest BCUT2D eigenvalue weighted by molar-refractivity contribution is -0.141. The first-order chi connectivity index (χ1) is 15.3. The summed E-state index contributed by atoms with van der Waals surface area (Å²) in [5.74, 6) is -1.02. The average Bonchev–Trinajstić information content (AvgIpc) is 2.82. The first-order valence-electron chi connectivity index (χ1n) is 10.6. The minimum absolute atomic E-state index is 0. The Morgan fingerprint density at radius 3 is 1.59 bits per heavy atom. The monoisotopic (exact) mass is 456 g/mol. The van der Waals surface area contributed by atoms with Crippen LogP contribution in [0.25, 0.3) is 0 Å². The SMILES string of the molecule is C/C=C(\CCC=CCC(=O)OC)C(=O)OC.C/C=C(\CCCCCC(=O)OC)C(=O)OC.[HH]. The number of unbranched alkanes of at least 4 members (excludes halogenated alkanes) is 2. The highest BCUT2D eigenvalue weighted by molar-refractivity contribution is 5.88. The Bertz CT molecular complexity index is 665. The van der Waals surface area contributed by atoms with Crippen LogP contribution in [-0.2, 0) is 38.1 Å². The Morgan fingerprint density at radius 1 is 0.625 bits per heavy atom. The summed E-state index contributed by atoms with van der Waals surface area (Å²) in [6.45, 7) is 3.62. The van der Waals surface area contributed by atoms with Crippen molar-refractivity contribution in [2.24, 2.45) is 0 Å². The molecule has 0 saturated heterocycles. The van der Waals surface area contributed by atoms with E-state index >= 15 is 0 Å². The summed E-state index contributed by atoms with van der Waals surface area (Å²) in [6, 6.07) is 0. The van der Waals surface area contributed by atoms with E-state index in [4.69, 9.17) is 0 Å². The maximum Gasteiger partial charge on any atom is 0.333 e. The Morgan fingerprint density at radius 2 is 1.12 bits per heavy atom. The van der Waals surface area contributed by atoms with Crippen LogP contribution in [0.2, 0.25) is 0 Å². The van der Waals surface area contributed by atoms with Gasteiger partial charge in [-0.2, -0.15) is 0 Å². The molecule has 0 N–H and O–H groups in total. The molecule has 8 nitrogen and oxygen atoms in total. The Balaban J connectivity index is -0.000000529. The second-order valence-corrected chi connectivity index (χ2v) is 6.54. The molecule has 0 aliphatic carbocycles. The second-order valence-electron chi connectivity index (χ2n) is 6.54. The Labute approximate surface area is 193 Å². The molecule has 0 bridgehead atoms. The van der Waals surface area contributed by atoms with Gasteiger partial charge in [-0.25, -0.2) is 9.59 Å². The maximum atomic E-state index is 11.2. The van der Waals surface area contributed by atoms with Crippen LogP contribution in [0.5, 0.6) is 0 Å². The van der Waals surface area contributed by atoms with Crippen LogP contribution in [0, 0.1) is 0 Å². The molecule has 184 valence electrons. The third-order valence-corrected chi connectivity index (χ3v) is 4.41. The predicted molar refractivity (Wildman–Crippen MR) is 124 cm³/mol. The van der Waals surface area contributed by atoms with E-state index in [1.807, 2.05) is 13.0 Å². The number of hydrogen-bond donors (Lipinski definition) is 0. The van der Waals surface area contributed by atoms with E-state index < -0.39 is 0 Å². The molecule has 32 heavy (non-hydrogen) atoms. The number of ether oxygens (including phenoxy) is 4. The normalized spacial score (nSPS) is 11.3. The smallest absolute Gasteiger partial charge is 0.333 e. The van der Waals surface area contributed by atoms with Crippen molar-refractivity contribution in [2.45, 2.75) is 65.2 Å². The van der Waals surface area contributed by atoms with Gasteiger partial charge in [0.05, 0.1) is 34.9 Å². The fraction of sp³-hybridized carbons (Fsp3) is 0.583. The first kappa shape index (κ1) is 31.3. The summed E-state index contributed by atoms with van der Waals surface area (Å²) >= 11 is 0. The molecule has 0 aliphatic heterocycles. The molecule has 0 aromatic carbocycles. The van der Waals surface area contributed by atoms with Crippen molar-refractivity contribution >= 4 is 23.9 Å². The van der Waals surface area contributed by atoms with Gasteiger partial charge in [0.25, 0.3) is 0 Å². The highest BCUT2D eigenvalue weighted by atomic mass is 16.5. The quantitative estimate of drug-likeness (QED) is 0.131. The van der Waals surface area contributed by atoms with Crippen molar-refractivity contribution in [1.82, 2.24) is 0 Å². The number of allylic oxidation sites excluding steroid dienone is 3. The number of methoxy groups -OCH3 is 4. The average molecular weight is 457 g/mol. The molecular weight excluding hydrogens is 416 g/mol. The van der Waals surface area contributed by atoms with E-state index in [9.17, 15) is 19.2 Å². The molecule has 0 saturated carbocycles. The van der Waals surface area contributed by atoms with Gasteiger partial charge in [0.2, 0.25) is 0 Å². The van der Waals surface area contributed by atoms with Gasteiger partial charge < -0.3 is 18.9 Å². The molecule has 0 fully saturated rings. The van der Waals surface area contributed by atoms with Crippen LogP contribution >= 0.6 is 0 Å². The van der Waals surface area contributed by atoms with Crippen molar-refractivity contribution < 1.29 is 39.6 Å². The van der Waals surface area contributed by atoms with Crippen molar-refractivity contribution in [3.05, 3.63) is 35.5 Å². The molecule has 0 rings (SSSR count). The van der Waals surface area contributed by atoms with Gasteiger partial charge in [-0.1, -0.05) is 30.7 Å². The summed E-state index contributed by atoms with van der Waals surface area (Å²) in [5.41, 5.74) is 1.34. The first-order valence-corrected chi connectivity index (χ1v) is 10.6. The molecule has 0 unspecified atom stereocenters. The highest BCUT2D eigenvalue weighted by Gasteiger charge is 2.08. The lowest BCUT2D eigenvalue weighted by Crippen LogP contribution is -2.04. The summed E-state index contributed by atoms with van der Waals surface area (Å²) in [5, 5.41) is 0. The summed E-state index contributed by atoms with van der Waals surface area (Å²) in [7, 11) is 5.48. The van der Waals surface area contributed by atoms with Crippen molar-refractivity contribution in [2.75, 3.05) is 28.4 Å². The van der Waals surface area contributed by atoms with E-state index in [-0.39, 0.29) is 31.7 Å². The molecule has 0 heterocycles. The van der Waals surface area contributed by atoms with E-state index in [1.54, 1.807) is 25.2 Å². The van der Waals surface area contributed by atoms with Gasteiger partial charge in [-0.05, 0) is 46.0 Å². The van der Waals surface area contributed by atoms with Crippen molar-refractivity contribution in [3.63, 3.8) is 0 Å². The zero-order valence-corrected chi connectivity index (χ0v) is 20.2. The second kappa shape index (κ2) is 21.3. The van der Waals surface area contributed by atoms with Crippen LogP contribution in [0.3, 0.4) is 0 Å². The van der Waals surface area contributed by atoms with Crippen LogP contribution in [0.1, 0.15) is 66.6 Å². The predicted octanol–water partition coefficient (Wildman–Crippen LogP) is 4.48. The van der Waals surface area contributed by atoms with Gasteiger partial charge >= 0.3 is 23.9 Å². The lowest BCUT2D eigenvalue weighted by atomic mass is 10.1. The zero-order valence-electron chi connectivity index (χ0n) is 20.2. The van der Waals surface area contributed by atoms with E-state index in [2.05, 4.69) is 18.9 Å². The zero-order chi connectivity index (χ0) is 24.8. The minimum atomic E-state index is -0.302. The van der Waals surface area contributed by atoms with Crippen LogP contribution < -0.4 is 0 Å². The number of carbonyl (C=O) groups excluding carboxylic acids is 4. The van der Waals surface area contributed by atoms with Gasteiger partial charge in [0, 0.05) is 19.0 Å². The lowest BCUT2D eigenvalue weighted by Gasteiger charge is -2.04. The number of hydrogen-bond acceptors (Lipinski definition) is 8. The van der Waals surface area contributed by atoms with Gasteiger partial charge in [-0.3, -0.25) is 9.59 Å². The molecule has 0 amide bonds. The fourth-order valence-corrected chi connectivity index (χ4v) is 2.47. The number of rotatable bonds is 13. The molecule has 8 heteroatoms. The van der Waals surface area contributed by atoms with Gasteiger partial charge in [-0.15, -0.1) is 0 Å². The van der Waals surface area contributed by atoms with Crippen LogP contribution in [0.4, 0.5) is 0 Å². The van der Waals surface area contributed by atoms with Crippen molar-refractivity contribution in [1.29, 1.82) is 0 Å². The number of carbonyl (C=O) groups is 4. The van der Waals surface area contributed by atoms with E-state index in [0.29, 0.717) is 36.8 Å².